The largest absolute Gasteiger partial charge is 0.444 e. The minimum absolute atomic E-state index is 0.370. The van der Waals surface area contributed by atoms with Crippen LogP contribution in [0.2, 0.25) is 0 Å². The average molecular weight is 269 g/mol. The van der Waals surface area contributed by atoms with Gasteiger partial charge < -0.3 is 15.2 Å². The summed E-state index contributed by atoms with van der Waals surface area (Å²) >= 11 is 0. The minimum Gasteiger partial charge on any atom is -0.444 e. The highest BCUT2D eigenvalue weighted by Crippen LogP contribution is 2.63. The summed E-state index contributed by atoms with van der Waals surface area (Å²) in [4.78, 5) is 12.0. The Morgan fingerprint density at radius 1 is 1.16 bits per heavy atom. The number of hydrogen-bond acceptors (Lipinski definition) is 3. The van der Waals surface area contributed by atoms with Gasteiger partial charge in [-0.15, -0.1) is 0 Å². The van der Waals surface area contributed by atoms with Crippen LogP contribution < -0.4 is 5.32 Å². The standard InChI is InChI=1S/C15H27NO3/c1-12(2,3)19-11(17)16-15(13(4,5)18)9-14(10-15)7-6-8-14/h18H,6-10H2,1-5H3,(H,16,17). The second-order valence-corrected chi connectivity index (χ2v) is 7.98. The number of alkyl carbamates (subject to hydrolysis) is 1. The fraction of sp³-hybridized carbons (Fsp3) is 0.933. The number of hydrogen-bond donors (Lipinski definition) is 2. The van der Waals surface area contributed by atoms with E-state index >= 15 is 0 Å². The minimum atomic E-state index is -0.926. The first-order chi connectivity index (χ1) is 8.47. The molecule has 2 rings (SSSR count). The number of carbonyl (C=O) groups is 1. The van der Waals surface area contributed by atoms with Crippen molar-refractivity contribution in [3.05, 3.63) is 0 Å². The lowest BCUT2D eigenvalue weighted by atomic mass is 9.45. The Morgan fingerprint density at radius 3 is 2.00 bits per heavy atom. The monoisotopic (exact) mass is 269 g/mol. The van der Waals surface area contributed by atoms with Crippen molar-refractivity contribution in [2.24, 2.45) is 5.41 Å². The van der Waals surface area contributed by atoms with E-state index in [0.717, 1.165) is 12.8 Å². The highest BCUT2D eigenvalue weighted by Gasteiger charge is 2.63. The van der Waals surface area contributed by atoms with E-state index in [1.807, 2.05) is 20.8 Å². The van der Waals surface area contributed by atoms with E-state index < -0.39 is 22.8 Å². The number of rotatable bonds is 2. The Balaban J connectivity index is 2.03. The third-order valence-electron chi connectivity index (χ3n) is 4.68. The normalized spacial score (nSPS) is 24.3. The maximum absolute atomic E-state index is 12.0. The van der Waals surface area contributed by atoms with Gasteiger partial charge in [0.2, 0.25) is 0 Å². The van der Waals surface area contributed by atoms with Gasteiger partial charge in [0.1, 0.15) is 5.60 Å². The lowest BCUT2D eigenvalue weighted by Crippen LogP contribution is -2.73. The van der Waals surface area contributed by atoms with Gasteiger partial charge >= 0.3 is 6.09 Å². The highest BCUT2D eigenvalue weighted by molar-refractivity contribution is 5.69. The van der Waals surface area contributed by atoms with Gasteiger partial charge in [-0.25, -0.2) is 4.79 Å². The summed E-state index contributed by atoms with van der Waals surface area (Å²) in [6.45, 7) is 9.08. The van der Waals surface area contributed by atoms with Gasteiger partial charge in [-0.1, -0.05) is 6.42 Å². The number of aliphatic hydroxyl groups is 1. The van der Waals surface area contributed by atoms with Crippen molar-refractivity contribution in [1.29, 1.82) is 0 Å². The van der Waals surface area contributed by atoms with Gasteiger partial charge in [-0.2, -0.15) is 0 Å². The summed E-state index contributed by atoms with van der Waals surface area (Å²) in [5.74, 6) is 0. The van der Waals surface area contributed by atoms with Gasteiger partial charge in [-0.3, -0.25) is 0 Å². The zero-order valence-corrected chi connectivity index (χ0v) is 12.8. The maximum Gasteiger partial charge on any atom is 0.408 e. The first-order valence-electron chi connectivity index (χ1n) is 7.21. The molecule has 0 aromatic rings. The van der Waals surface area contributed by atoms with Gasteiger partial charge in [0.05, 0.1) is 11.1 Å². The molecule has 2 saturated carbocycles. The third-order valence-corrected chi connectivity index (χ3v) is 4.68. The molecule has 2 aliphatic rings. The van der Waals surface area contributed by atoms with Crippen LogP contribution in [0.1, 0.15) is 66.7 Å². The molecule has 4 heteroatoms. The summed E-state index contributed by atoms with van der Waals surface area (Å²) in [6.07, 6.45) is 5.02. The van der Waals surface area contributed by atoms with Crippen molar-refractivity contribution in [3.63, 3.8) is 0 Å². The number of carbonyl (C=O) groups excluding carboxylic acids is 1. The molecule has 4 nitrogen and oxygen atoms in total. The van der Waals surface area contributed by atoms with Gasteiger partial charge in [0.25, 0.3) is 0 Å². The topological polar surface area (TPSA) is 58.6 Å². The summed E-state index contributed by atoms with van der Waals surface area (Å²) in [5.41, 5.74) is -1.60. The Morgan fingerprint density at radius 2 is 1.68 bits per heavy atom. The zero-order chi connectivity index (χ0) is 14.5. The summed E-state index contributed by atoms with van der Waals surface area (Å²) in [7, 11) is 0. The molecule has 0 heterocycles. The van der Waals surface area contributed by atoms with Crippen LogP contribution in [0.4, 0.5) is 4.79 Å². The molecule has 0 bridgehead atoms. The molecule has 2 aliphatic carbocycles. The van der Waals surface area contributed by atoms with E-state index in [1.54, 1.807) is 13.8 Å². The molecule has 1 amide bonds. The molecule has 0 aromatic carbocycles. The smallest absolute Gasteiger partial charge is 0.408 e. The highest BCUT2D eigenvalue weighted by atomic mass is 16.6. The van der Waals surface area contributed by atoms with Crippen molar-refractivity contribution < 1.29 is 14.6 Å². The van der Waals surface area contributed by atoms with Crippen LogP contribution in [-0.4, -0.2) is 27.9 Å². The molecular formula is C15H27NO3. The van der Waals surface area contributed by atoms with Crippen LogP contribution >= 0.6 is 0 Å². The Labute approximate surface area is 115 Å². The van der Waals surface area contributed by atoms with Crippen LogP contribution in [0.3, 0.4) is 0 Å². The van der Waals surface area contributed by atoms with Crippen molar-refractivity contribution in [2.75, 3.05) is 0 Å². The quantitative estimate of drug-likeness (QED) is 0.810. The molecule has 0 saturated heterocycles. The first kappa shape index (κ1) is 14.6. The number of nitrogens with one attached hydrogen (secondary N) is 1. The molecule has 0 aromatic heterocycles. The van der Waals surface area contributed by atoms with Crippen LogP contribution in [-0.2, 0) is 4.74 Å². The second-order valence-electron chi connectivity index (χ2n) is 7.98. The second kappa shape index (κ2) is 4.11. The van der Waals surface area contributed by atoms with Crippen molar-refractivity contribution in [1.82, 2.24) is 5.32 Å². The predicted molar refractivity (Wildman–Crippen MR) is 73.9 cm³/mol. The lowest BCUT2D eigenvalue weighted by Gasteiger charge is -2.64. The molecule has 0 unspecified atom stereocenters. The van der Waals surface area contributed by atoms with E-state index in [1.165, 1.54) is 19.3 Å². The fourth-order valence-electron chi connectivity index (χ4n) is 3.43. The van der Waals surface area contributed by atoms with Crippen LogP contribution in [0.25, 0.3) is 0 Å². The van der Waals surface area contributed by atoms with Gasteiger partial charge in [0, 0.05) is 0 Å². The fourth-order valence-corrected chi connectivity index (χ4v) is 3.43. The Hall–Kier alpha value is -0.770. The maximum atomic E-state index is 12.0. The van der Waals surface area contributed by atoms with Crippen molar-refractivity contribution in [2.45, 2.75) is 83.5 Å². The van der Waals surface area contributed by atoms with E-state index in [-0.39, 0.29) is 0 Å². The van der Waals surface area contributed by atoms with Crippen LogP contribution in [0.15, 0.2) is 0 Å². The summed E-state index contributed by atoms with van der Waals surface area (Å²) in [6, 6.07) is 0. The third kappa shape index (κ3) is 2.73. The van der Waals surface area contributed by atoms with Gasteiger partial charge in [0.15, 0.2) is 0 Å². The lowest BCUT2D eigenvalue weighted by molar-refractivity contribution is -0.153. The summed E-state index contributed by atoms with van der Waals surface area (Å²) < 4.78 is 5.32. The summed E-state index contributed by atoms with van der Waals surface area (Å²) in [5, 5.41) is 13.4. The molecule has 2 fully saturated rings. The molecule has 19 heavy (non-hydrogen) atoms. The Bertz CT molecular complexity index is 364. The molecular weight excluding hydrogens is 242 g/mol. The number of amides is 1. The Kier molecular flexibility index (Phi) is 3.17. The van der Waals surface area contributed by atoms with Crippen LogP contribution in [0.5, 0.6) is 0 Å². The molecule has 110 valence electrons. The van der Waals surface area contributed by atoms with E-state index in [4.69, 9.17) is 4.74 Å². The molecule has 1 spiro atoms. The van der Waals surface area contributed by atoms with E-state index in [9.17, 15) is 9.90 Å². The van der Waals surface area contributed by atoms with Crippen molar-refractivity contribution >= 4 is 6.09 Å². The van der Waals surface area contributed by atoms with Gasteiger partial charge in [-0.05, 0) is 65.7 Å². The molecule has 2 N–H and O–H groups in total. The van der Waals surface area contributed by atoms with Crippen LogP contribution in [0, 0.1) is 5.41 Å². The molecule has 0 atom stereocenters. The van der Waals surface area contributed by atoms with E-state index in [0.29, 0.717) is 5.41 Å². The SMILES string of the molecule is CC(C)(C)OC(=O)NC1(C(C)(C)O)CC2(CCC2)C1. The van der Waals surface area contributed by atoms with Crippen molar-refractivity contribution in [3.8, 4) is 0 Å². The van der Waals surface area contributed by atoms with E-state index in [2.05, 4.69) is 5.32 Å². The zero-order valence-electron chi connectivity index (χ0n) is 12.8. The number of ether oxygens (including phenoxy) is 1. The average Bonchev–Trinajstić information content (AvgIpc) is 2.01. The first-order valence-corrected chi connectivity index (χ1v) is 7.21. The molecule has 0 radical (unpaired) electrons. The molecule has 0 aliphatic heterocycles. The predicted octanol–water partition coefficient (Wildman–Crippen LogP) is 2.98.